The molecule has 0 spiro atoms. The van der Waals surface area contributed by atoms with E-state index in [9.17, 15) is 18.0 Å². The number of furan rings is 1. The summed E-state index contributed by atoms with van der Waals surface area (Å²) in [4.78, 5) is 25.6. The number of carbonyl (C=O) groups is 2. The molecule has 1 aromatic rings. The number of piperazine rings is 1. The van der Waals surface area contributed by atoms with Gasteiger partial charge in [0.2, 0.25) is 16.8 Å². The first kappa shape index (κ1) is 19.8. The van der Waals surface area contributed by atoms with Crippen LogP contribution < -0.4 is 0 Å². The van der Waals surface area contributed by atoms with E-state index in [0.717, 1.165) is 12.8 Å². The van der Waals surface area contributed by atoms with Crippen molar-refractivity contribution in [3.63, 3.8) is 0 Å². The van der Waals surface area contributed by atoms with Crippen LogP contribution in [0.4, 0.5) is 0 Å². The van der Waals surface area contributed by atoms with E-state index in [2.05, 4.69) is 0 Å². The van der Waals surface area contributed by atoms with Gasteiger partial charge in [-0.05, 0) is 31.9 Å². The van der Waals surface area contributed by atoms with Crippen molar-refractivity contribution in [1.29, 1.82) is 0 Å². The molecule has 1 amide bonds. The lowest BCUT2D eigenvalue weighted by atomic mass is 10.1. The van der Waals surface area contributed by atoms with Gasteiger partial charge in [-0.3, -0.25) is 4.79 Å². The van der Waals surface area contributed by atoms with Gasteiger partial charge in [0.1, 0.15) is 0 Å². The highest BCUT2D eigenvalue weighted by Gasteiger charge is 2.33. The smallest absolute Gasteiger partial charge is 0.374 e. The second-order valence-electron chi connectivity index (χ2n) is 6.46. The molecule has 10 heteroatoms. The Balaban J connectivity index is 1.58. The van der Waals surface area contributed by atoms with Crippen molar-refractivity contribution in [3.05, 3.63) is 17.9 Å². The van der Waals surface area contributed by atoms with Crippen molar-refractivity contribution in [2.75, 3.05) is 39.4 Å². The largest absolute Gasteiger partial charge is 0.460 e. The fourth-order valence-electron chi connectivity index (χ4n) is 3.21. The van der Waals surface area contributed by atoms with E-state index in [1.54, 1.807) is 11.8 Å². The zero-order valence-corrected chi connectivity index (χ0v) is 16.1. The van der Waals surface area contributed by atoms with Gasteiger partial charge in [-0.15, -0.1) is 0 Å². The van der Waals surface area contributed by atoms with Crippen LogP contribution in [0.5, 0.6) is 0 Å². The highest BCUT2D eigenvalue weighted by Crippen LogP contribution is 2.22. The maximum Gasteiger partial charge on any atom is 0.374 e. The average Bonchev–Trinajstić information content (AvgIpc) is 3.34. The second kappa shape index (κ2) is 8.41. The third-order valence-corrected chi connectivity index (χ3v) is 6.44. The molecule has 0 radical (unpaired) electrons. The van der Waals surface area contributed by atoms with Gasteiger partial charge in [0.15, 0.2) is 0 Å². The molecule has 1 aromatic heterocycles. The molecule has 2 fully saturated rings. The molecule has 0 aromatic carbocycles. The van der Waals surface area contributed by atoms with Crippen LogP contribution in [0.1, 0.15) is 36.7 Å². The number of ether oxygens (including phenoxy) is 2. The summed E-state index contributed by atoms with van der Waals surface area (Å²) in [5.41, 5.74) is 0. The van der Waals surface area contributed by atoms with Gasteiger partial charge in [0.25, 0.3) is 10.0 Å². The molecule has 2 aliphatic rings. The van der Waals surface area contributed by atoms with Crippen LogP contribution in [-0.4, -0.2) is 75.0 Å². The molecule has 3 heterocycles. The minimum atomic E-state index is -3.86. The zero-order chi connectivity index (χ0) is 19.4. The first-order chi connectivity index (χ1) is 12.9. The number of sulfonamides is 1. The van der Waals surface area contributed by atoms with E-state index in [-0.39, 0.29) is 42.6 Å². The maximum atomic E-state index is 12.7. The Hall–Kier alpha value is -1.91. The second-order valence-corrected chi connectivity index (χ2v) is 8.33. The van der Waals surface area contributed by atoms with Crippen LogP contribution in [-0.2, 0) is 24.3 Å². The number of nitrogens with zero attached hydrogens (tertiary/aromatic N) is 2. The summed E-state index contributed by atoms with van der Waals surface area (Å²) >= 11 is 0. The Kier molecular flexibility index (Phi) is 6.18. The van der Waals surface area contributed by atoms with E-state index in [4.69, 9.17) is 13.9 Å². The normalized spacial score (nSPS) is 21.4. The number of hydrogen-bond donors (Lipinski definition) is 0. The number of amides is 1. The third kappa shape index (κ3) is 4.50. The predicted molar refractivity (Wildman–Crippen MR) is 93.6 cm³/mol. The summed E-state index contributed by atoms with van der Waals surface area (Å²) in [5.74, 6) is -0.870. The molecule has 2 saturated heterocycles. The first-order valence-electron chi connectivity index (χ1n) is 9.08. The molecule has 9 nitrogen and oxygen atoms in total. The molecule has 27 heavy (non-hydrogen) atoms. The third-order valence-electron chi connectivity index (χ3n) is 4.67. The van der Waals surface area contributed by atoms with Crippen LogP contribution >= 0.6 is 0 Å². The average molecular weight is 400 g/mol. The van der Waals surface area contributed by atoms with Gasteiger partial charge < -0.3 is 18.8 Å². The number of carbonyl (C=O) groups excluding carboxylic acids is 2. The summed E-state index contributed by atoms with van der Waals surface area (Å²) < 4.78 is 42.1. The molecule has 1 atom stereocenters. The predicted octanol–water partition coefficient (Wildman–Crippen LogP) is 0.858. The fraction of sp³-hybridized carbons (Fsp3) is 0.647. The fourth-order valence-corrected chi connectivity index (χ4v) is 4.54. The van der Waals surface area contributed by atoms with E-state index < -0.39 is 16.0 Å². The van der Waals surface area contributed by atoms with Gasteiger partial charge in [0.05, 0.1) is 19.1 Å². The van der Waals surface area contributed by atoms with E-state index >= 15 is 0 Å². The van der Waals surface area contributed by atoms with Crippen molar-refractivity contribution in [2.45, 2.75) is 37.4 Å². The van der Waals surface area contributed by atoms with E-state index in [0.29, 0.717) is 26.1 Å². The van der Waals surface area contributed by atoms with Gasteiger partial charge in [0, 0.05) is 32.8 Å². The minimum Gasteiger partial charge on any atom is -0.460 e. The summed E-state index contributed by atoms with van der Waals surface area (Å²) in [6.07, 6.45) is 2.18. The van der Waals surface area contributed by atoms with Crippen LogP contribution in [0.2, 0.25) is 0 Å². The van der Waals surface area contributed by atoms with Crippen LogP contribution in [0.3, 0.4) is 0 Å². The highest BCUT2D eigenvalue weighted by molar-refractivity contribution is 7.89. The summed E-state index contributed by atoms with van der Waals surface area (Å²) in [7, 11) is -3.86. The molecule has 2 aliphatic heterocycles. The molecular weight excluding hydrogens is 376 g/mol. The SMILES string of the molecule is CCOC(=O)c1ccc(S(=O)(=O)N2CCN(C(=O)CC3CCCO3)CC2)o1. The topological polar surface area (TPSA) is 106 Å². The molecular formula is C17H24N2O7S. The highest BCUT2D eigenvalue weighted by atomic mass is 32.2. The Morgan fingerprint density at radius 2 is 1.96 bits per heavy atom. The molecule has 1 unspecified atom stereocenters. The zero-order valence-electron chi connectivity index (χ0n) is 15.3. The molecule has 150 valence electrons. The molecule has 0 bridgehead atoms. The van der Waals surface area contributed by atoms with Crippen LogP contribution in [0.25, 0.3) is 0 Å². The van der Waals surface area contributed by atoms with Gasteiger partial charge >= 0.3 is 5.97 Å². The Morgan fingerprint density at radius 1 is 1.22 bits per heavy atom. The number of hydrogen-bond acceptors (Lipinski definition) is 7. The van der Waals surface area contributed by atoms with Gasteiger partial charge in [-0.25, -0.2) is 13.2 Å². The van der Waals surface area contributed by atoms with Gasteiger partial charge in [-0.1, -0.05) is 0 Å². The summed E-state index contributed by atoms with van der Waals surface area (Å²) in [6, 6.07) is 2.53. The summed E-state index contributed by atoms with van der Waals surface area (Å²) in [5, 5.41) is -0.301. The van der Waals surface area contributed by atoms with E-state index in [1.807, 2.05) is 0 Å². The van der Waals surface area contributed by atoms with Crippen LogP contribution in [0.15, 0.2) is 21.6 Å². The standard InChI is InChI=1S/C17H24N2O7S/c1-2-24-17(21)14-5-6-16(26-14)27(22,23)19-9-7-18(8-10-19)15(20)12-13-4-3-11-25-13/h5-6,13H,2-4,7-12H2,1H3. The lowest BCUT2D eigenvalue weighted by molar-refractivity contribution is -0.134. The van der Waals surface area contributed by atoms with E-state index in [1.165, 1.54) is 16.4 Å². The lowest BCUT2D eigenvalue weighted by Crippen LogP contribution is -2.50. The Labute approximate surface area is 158 Å². The minimum absolute atomic E-state index is 0.0125. The molecule has 3 rings (SSSR count). The lowest BCUT2D eigenvalue weighted by Gasteiger charge is -2.33. The maximum absolute atomic E-state index is 12.7. The first-order valence-corrected chi connectivity index (χ1v) is 10.5. The monoisotopic (exact) mass is 400 g/mol. The number of esters is 1. The molecule has 0 saturated carbocycles. The van der Waals surface area contributed by atoms with Crippen molar-refractivity contribution < 1.29 is 31.9 Å². The Bertz CT molecular complexity index is 775. The summed E-state index contributed by atoms with van der Waals surface area (Å²) in [6.45, 7) is 3.50. The van der Waals surface area contributed by atoms with Gasteiger partial charge in [-0.2, -0.15) is 4.31 Å². The molecule has 0 N–H and O–H groups in total. The number of rotatable bonds is 6. The molecule has 0 aliphatic carbocycles. The van der Waals surface area contributed by atoms with Crippen molar-refractivity contribution >= 4 is 21.9 Å². The van der Waals surface area contributed by atoms with Crippen molar-refractivity contribution in [1.82, 2.24) is 9.21 Å². The van der Waals surface area contributed by atoms with Crippen molar-refractivity contribution in [3.8, 4) is 0 Å². The van der Waals surface area contributed by atoms with Crippen molar-refractivity contribution in [2.24, 2.45) is 0 Å². The Morgan fingerprint density at radius 3 is 2.59 bits per heavy atom. The van der Waals surface area contributed by atoms with Crippen LogP contribution in [0, 0.1) is 0 Å². The quantitative estimate of drug-likeness (QED) is 0.652.